The van der Waals surface area contributed by atoms with Gasteiger partial charge in [-0.05, 0) is 18.6 Å². The number of aromatic nitrogens is 2. The fourth-order valence-electron chi connectivity index (χ4n) is 2.19. The Morgan fingerprint density at radius 2 is 2.14 bits per heavy atom. The number of carbonyl (C=O) groups is 1. The number of likely N-dealkylation sites (tertiary alicyclic amines) is 1. The summed E-state index contributed by atoms with van der Waals surface area (Å²) < 4.78 is 25.3. The lowest BCUT2D eigenvalue weighted by molar-refractivity contribution is -0.132. The van der Waals surface area contributed by atoms with E-state index in [4.69, 9.17) is 0 Å². The zero-order valence-corrected chi connectivity index (χ0v) is 11.2. The van der Waals surface area contributed by atoms with E-state index in [2.05, 4.69) is 15.3 Å². The lowest BCUT2D eigenvalue weighted by atomic mass is 10.1. The predicted octanol–water partition coefficient (Wildman–Crippen LogP) is 2.21. The summed E-state index contributed by atoms with van der Waals surface area (Å²) in [5.74, 6) is 0.493. The second kappa shape index (κ2) is 5.59. The summed E-state index contributed by atoms with van der Waals surface area (Å²) in [4.78, 5) is 21.6. The van der Waals surface area contributed by atoms with E-state index in [1.165, 1.54) is 18.5 Å². The van der Waals surface area contributed by atoms with Gasteiger partial charge in [0.15, 0.2) is 0 Å². The molecule has 0 bridgehead atoms. The van der Waals surface area contributed by atoms with Gasteiger partial charge < -0.3 is 10.2 Å². The van der Waals surface area contributed by atoms with Crippen LogP contribution in [0.3, 0.4) is 0 Å². The average Bonchev–Trinajstić information content (AvgIpc) is 2.42. The Labute approximate surface area is 120 Å². The number of halogens is 2. The predicted molar refractivity (Wildman–Crippen MR) is 74.2 cm³/mol. The second-order valence-corrected chi connectivity index (χ2v) is 4.89. The highest BCUT2D eigenvalue weighted by Crippen LogP contribution is 2.25. The first-order valence-corrected chi connectivity index (χ1v) is 6.69. The summed E-state index contributed by atoms with van der Waals surface area (Å²) in [5.41, 5.74) is 0.352. The van der Waals surface area contributed by atoms with Gasteiger partial charge in [-0.2, -0.15) is 0 Å². The van der Waals surface area contributed by atoms with Gasteiger partial charge in [0.25, 0.3) is 6.43 Å². The van der Waals surface area contributed by atoms with Gasteiger partial charge in [-0.15, -0.1) is 0 Å². The van der Waals surface area contributed by atoms with Gasteiger partial charge in [-0.1, -0.05) is 6.07 Å². The topological polar surface area (TPSA) is 58.1 Å². The van der Waals surface area contributed by atoms with E-state index in [9.17, 15) is 13.6 Å². The van der Waals surface area contributed by atoms with E-state index in [1.807, 2.05) is 0 Å². The van der Waals surface area contributed by atoms with Crippen LogP contribution in [0.15, 0.2) is 24.5 Å². The highest BCUT2D eigenvalue weighted by molar-refractivity contribution is 5.91. The van der Waals surface area contributed by atoms with Crippen molar-refractivity contribution in [3.05, 3.63) is 30.1 Å². The van der Waals surface area contributed by atoms with Crippen molar-refractivity contribution >= 4 is 22.6 Å². The molecule has 1 aliphatic heterocycles. The number of carbonyl (C=O) groups excluding carboxylic acids is 1. The van der Waals surface area contributed by atoms with Crippen LogP contribution in [-0.2, 0) is 4.79 Å². The van der Waals surface area contributed by atoms with Crippen molar-refractivity contribution in [3.63, 3.8) is 0 Å². The maximum atomic E-state index is 12.7. The molecule has 2 aromatic rings. The van der Waals surface area contributed by atoms with Gasteiger partial charge in [-0.3, -0.25) is 4.79 Å². The molecule has 0 radical (unpaired) electrons. The van der Waals surface area contributed by atoms with Crippen LogP contribution in [0.25, 0.3) is 10.9 Å². The zero-order chi connectivity index (χ0) is 14.8. The summed E-state index contributed by atoms with van der Waals surface area (Å²) in [6.07, 6.45) is -0.194. The van der Waals surface area contributed by atoms with Crippen molar-refractivity contribution in [1.82, 2.24) is 14.9 Å². The summed E-state index contributed by atoms with van der Waals surface area (Å²) in [6.45, 7) is 1.73. The number of nitrogens with zero attached hydrogens (tertiary/aromatic N) is 3. The number of benzene rings is 1. The Kier molecular flexibility index (Phi) is 3.64. The van der Waals surface area contributed by atoms with Gasteiger partial charge in [0.05, 0.1) is 12.1 Å². The highest BCUT2D eigenvalue weighted by Gasteiger charge is 2.20. The van der Waals surface area contributed by atoms with Crippen LogP contribution >= 0.6 is 0 Å². The first kappa shape index (κ1) is 13.7. The minimum absolute atomic E-state index is 0.0113. The largest absolute Gasteiger partial charge is 0.360 e. The number of anilines is 1. The van der Waals surface area contributed by atoms with Gasteiger partial charge in [-0.25, -0.2) is 18.7 Å². The molecule has 1 fully saturated rings. The normalized spacial score (nSPS) is 14.3. The molecule has 21 heavy (non-hydrogen) atoms. The molecule has 0 spiro atoms. The minimum atomic E-state index is -2.53. The van der Waals surface area contributed by atoms with Crippen molar-refractivity contribution in [1.29, 1.82) is 0 Å². The molecule has 110 valence electrons. The monoisotopic (exact) mass is 292 g/mol. The van der Waals surface area contributed by atoms with Gasteiger partial charge in [0.2, 0.25) is 5.91 Å². The molecule has 0 atom stereocenters. The quantitative estimate of drug-likeness (QED) is 0.938. The van der Waals surface area contributed by atoms with Crippen LogP contribution in [0.4, 0.5) is 14.6 Å². The molecule has 0 saturated carbocycles. The van der Waals surface area contributed by atoms with E-state index in [1.54, 1.807) is 11.0 Å². The first-order chi connectivity index (χ1) is 10.1. The summed E-state index contributed by atoms with van der Waals surface area (Å²) in [7, 11) is 0. The van der Waals surface area contributed by atoms with Crippen LogP contribution in [0.1, 0.15) is 18.4 Å². The molecule has 1 aliphatic rings. The summed E-state index contributed by atoms with van der Waals surface area (Å²) in [5, 5.41) is 3.58. The van der Waals surface area contributed by atoms with E-state index in [0.717, 1.165) is 19.5 Å². The fraction of sp³-hybridized carbons (Fsp3) is 0.357. The number of hydrogen-bond donors (Lipinski definition) is 1. The first-order valence-electron chi connectivity index (χ1n) is 6.69. The fourth-order valence-corrected chi connectivity index (χ4v) is 2.19. The third-order valence-electron chi connectivity index (χ3n) is 3.53. The summed E-state index contributed by atoms with van der Waals surface area (Å²) >= 11 is 0. The van der Waals surface area contributed by atoms with Crippen molar-refractivity contribution < 1.29 is 13.6 Å². The highest BCUT2D eigenvalue weighted by atomic mass is 19.3. The van der Waals surface area contributed by atoms with Gasteiger partial charge >= 0.3 is 0 Å². The molecule has 5 nitrogen and oxygen atoms in total. The minimum Gasteiger partial charge on any atom is -0.360 e. The van der Waals surface area contributed by atoms with Crippen LogP contribution in [0.2, 0.25) is 0 Å². The standard InChI is InChI=1S/C14H14F2N4O/c15-13(16)9-2-3-10-11(6-9)18-8-19-14(10)17-7-12(21)20-4-1-5-20/h2-3,6,8,13H,1,4-5,7H2,(H,17,18,19). The molecular formula is C14H14F2N4O. The number of rotatable bonds is 4. The third kappa shape index (κ3) is 2.76. The van der Waals surface area contributed by atoms with Crippen molar-refractivity contribution in [2.24, 2.45) is 0 Å². The maximum Gasteiger partial charge on any atom is 0.263 e. The number of nitrogens with one attached hydrogen (secondary N) is 1. The number of fused-ring (bicyclic) bond motifs is 1. The Morgan fingerprint density at radius 1 is 1.33 bits per heavy atom. The summed E-state index contributed by atoms with van der Waals surface area (Å²) in [6, 6.07) is 4.23. The molecule has 2 heterocycles. The van der Waals surface area contributed by atoms with E-state index in [0.29, 0.717) is 16.7 Å². The van der Waals surface area contributed by atoms with Crippen molar-refractivity contribution in [2.45, 2.75) is 12.8 Å². The molecule has 0 aliphatic carbocycles. The van der Waals surface area contributed by atoms with E-state index < -0.39 is 6.43 Å². The molecular weight excluding hydrogens is 278 g/mol. The Hall–Kier alpha value is -2.31. The van der Waals surface area contributed by atoms with Crippen LogP contribution < -0.4 is 5.32 Å². The van der Waals surface area contributed by atoms with Crippen molar-refractivity contribution in [3.8, 4) is 0 Å². The molecule has 7 heteroatoms. The number of alkyl halides is 2. The molecule has 1 amide bonds. The molecule has 1 N–H and O–H groups in total. The van der Waals surface area contributed by atoms with E-state index in [-0.39, 0.29) is 18.0 Å². The smallest absolute Gasteiger partial charge is 0.263 e. The number of amides is 1. The second-order valence-electron chi connectivity index (χ2n) is 4.89. The van der Waals surface area contributed by atoms with Crippen molar-refractivity contribution in [2.75, 3.05) is 25.0 Å². The molecule has 0 unspecified atom stereocenters. The zero-order valence-electron chi connectivity index (χ0n) is 11.2. The van der Waals surface area contributed by atoms with Crippen LogP contribution in [-0.4, -0.2) is 40.4 Å². The SMILES string of the molecule is O=C(CNc1ncnc2cc(C(F)F)ccc12)N1CCC1. The lowest BCUT2D eigenvalue weighted by Gasteiger charge is -2.31. The number of hydrogen-bond acceptors (Lipinski definition) is 4. The van der Waals surface area contributed by atoms with Crippen LogP contribution in [0.5, 0.6) is 0 Å². The Balaban J connectivity index is 1.80. The molecule has 1 saturated heterocycles. The van der Waals surface area contributed by atoms with E-state index >= 15 is 0 Å². The third-order valence-corrected chi connectivity index (χ3v) is 3.53. The molecule has 1 aromatic carbocycles. The maximum absolute atomic E-state index is 12.7. The van der Waals surface area contributed by atoms with Crippen LogP contribution in [0, 0.1) is 0 Å². The van der Waals surface area contributed by atoms with Gasteiger partial charge in [0.1, 0.15) is 12.1 Å². The molecule has 1 aromatic heterocycles. The Bertz CT molecular complexity index is 673. The Morgan fingerprint density at radius 3 is 2.81 bits per heavy atom. The molecule has 3 rings (SSSR count). The lowest BCUT2D eigenvalue weighted by Crippen LogP contribution is -2.44. The van der Waals surface area contributed by atoms with Gasteiger partial charge in [0, 0.05) is 24.0 Å². The average molecular weight is 292 g/mol.